The molecule has 0 fully saturated rings. The van der Waals surface area contributed by atoms with Crippen LogP contribution in [-0.2, 0) is 54.1 Å². The Morgan fingerprint density at radius 3 is 0.394 bits per heavy atom. The Kier molecular flexibility index (Phi) is 24.1. The topological polar surface area (TPSA) is 29.6 Å². The van der Waals surface area contributed by atoms with E-state index in [4.69, 9.17) is 0 Å². The van der Waals surface area contributed by atoms with Crippen molar-refractivity contribution < 1.29 is 0 Å². The van der Waals surface area contributed by atoms with E-state index in [1.165, 1.54) is 221 Å². The average molecular weight is 1860 g/mol. The largest absolute Gasteiger partial charge is 0.309 e. The number of aromatic nitrogens is 6. The monoisotopic (exact) mass is 1860 g/mol. The van der Waals surface area contributed by atoms with Crippen LogP contribution in [0.25, 0.3) is 165 Å². The van der Waals surface area contributed by atoms with Crippen molar-refractivity contribution in [2.24, 2.45) is 0 Å². The van der Waals surface area contributed by atoms with Gasteiger partial charge in [-0.25, -0.2) is 0 Å². The molecule has 720 valence electrons. The predicted octanol–water partition coefficient (Wildman–Crippen LogP) is 38.3. The van der Waals surface area contributed by atoms with Crippen molar-refractivity contribution in [3.8, 4) is 34.1 Å². The van der Waals surface area contributed by atoms with E-state index >= 15 is 0 Å². The number of nitrogens with zero attached hydrogens (tertiary/aromatic N) is 6. The zero-order chi connectivity index (χ0) is 101. The number of rotatable bonds is 6. The summed E-state index contributed by atoms with van der Waals surface area (Å²) in [6, 6.07) is 127. The molecule has 0 saturated carbocycles. The van der Waals surface area contributed by atoms with Gasteiger partial charge in [-0.15, -0.1) is 0 Å². The second kappa shape index (κ2) is 35.2. The highest BCUT2D eigenvalue weighted by Gasteiger charge is 2.31. The predicted molar refractivity (Wildman–Crippen MR) is 619 cm³/mol. The first-order valence-corrected chi connectivity index (χ1v) is 51.5. The summed E-state index contributed by atoms with van der Waals surface area (Å²) in [5.74, 6) is 0. The summed E-state index contributed by atoms with van der Waals surface area (Å²) in [4.78, 5) is 0. The number of hydrogen-bond acceptors (Lipinski definition) is 0. The van der Waals surface area contributed by atoms with E-state index < -0.39 is 0 Å². The van der Waals surface area contributed by atoms with Crippen LogP contribution in [0.1, 0.15) is 263 Å². The molecule has 0 atom stereocenters. The molecule has 0 amide bonds. The molecule has 6 nitrogen and oxygen atoms in total. The van der Waals surface area contributed by atoms with Gasteiger partial charge in [-0.2, -0.15) is 0 Å². The van der Waals surface area contributed by atoms with Gasteiger partial charge in [0.1, 0.15) is 0 Å². The molecule has 0 aliphatic rings. The first kappa shape index (κ1) is 97.2. The molecule has 16 aromatic carbocycles. The Labute approximate surface area is 843 Å². The third kappa shape index (κ3) is 18.2. The molecule has 0 aliphatic carbocycles. The van der Waals surface area contributed by atoms with Gasteiger partial charge in [0.25, 0.3) is 0 Å². The van der Waals surface area contributed by atoms with Gasteiger partial charge in [0, 0.05) is 98.8 Å². The second-order valence-electron chi connectivity index (χ2n) is 50.6. The fourth-order valence-corrected chi connectivity index (χ4v) is 21.1. The van der Waals surface area contributed by atoms with E-state index in [1.54, 1.807) is 0 Å². The molecular weight excluding hydrogens is 1720 g/mol. The quantitative estimate of drug-likeness (QED) is 0.159. The minimum Gasteiger partial charge on any atom is -0.309 e. The molecule has 0 saturated heterocycles. The lowest BCUT2D eigenvalue weighted by atomic mass is 9.85. The van der Waals surface area contributed by atoms with Crippen LogP contribution >= 0.6 is 0 Å². The number of hydrogen-bond donors (Lipinski definition) is 0. The zero-order valence-electron chi connectivity index (χ0n) is 90.0. The van der Waals surface area contributed by atoms with Crippen molar-refractivity contribution in [3.63, 3.8) is 0 Å². The maximum Gasteiger partial charge on any atom is 0.0541 e. The van der Waals surface area contributed by atoms with E-state index in [2.05, 4.69) is 575 Å². The smallest absolute Gasteiger partial charge is 0.0541 e. The Morgan fingerprint density at radius 1 is 0.106 bits per heavy atom. The van der Waals surface area contributed by atoms with Crippen LogP contribution in [-0.4, -0.2) is 27.4 Å². The van der Waals surface area contributed by atoms with Crippen LogP contribution in [0.4, 0.5) is 0 Å². The summed E-state index contributed by atoms with van der Waals surface area (Å²) >= 11 is 0. The standard InChI is InChI=1S/C50H60N2.C34H28N2.C30H37N.C22H21N/c1-46(2,3)31-16-20-42-38(26-31)39-27-32(47(4,5)6)17-21-43(39)51(42)36-24-35(50(13,14)15)25-37(30-36)52-44-22-18-33(48(7,8)9)28-40(44)41-29-34(49(10,11)12)19-23-45(41)52;1-34(2,3)23-20-24(35-30-16-8-4-12-26(30)27-13-5-9-17-31(27)35)22-25(21-23)36-32-18-10-6-14-28(32)29-15-7-11-19-33(29)36;1-28(2,3)20-10-14-23(15-11-20)31-26-16-12-21(29(4,5)6)18-24(26)25-19-22(30(7,8)9)13-17-27(25)31;1-22(2,3)16-12-14-17(15-13-16)23-20-10-6-4-8-18(20)19-9-5-7-11-21(19)23/h16-30H,1-15H3;4-22H,1-3H3;10-19H,1-9H3;4-15H,1-3H3. The van der Waals surface area contributed by atoms with Gasteiger partial charge in [0.2, 0.25) is 0 Å². The molecule has 6 heteroatoms. The molecule has 6 heterocycles. The minimum absolute atomic E-state index is 0.00226. The molecule has 142 heavy (non-hydrogen) atoms. The van der Waals surface area contributed by atoms with Gasteiger partial charge in [-0.3, -0.25) is 0 Å². The summed E-state index contributed by atoms with van der Waals surface area (Å²) < 4.78 is 14.7. The fraction of sp³-hybridized carbons (Fsp3) is 0.294. The Bertz CT molecular complexity index is 7960. The lowest BCUT2D eigenvalue weighted by Gasteiger charge is -2.24. The summed E-state index contributed by atoms with van der Waals surface area (Å²) in [6.07, 6.45) is 0. The Morgan fingerprint density at radius 2 is 0.239 bits per heavy atom. The molecule has 22 rings (SSSR count). The van der Waals surface area contributed by atoms with Crippen LogP contribution in [0, 0.1) is 0 Å². The van der Waals surface area contributed by atoms with Crippen molar-refractivity contribution in [1.29, 1.82) is 0 Å². The Hall–Kier alpha value is -13.7. The SMILES string of the molecule is CC(C)(C)c1cc(-n2c3ccc(C(C)(C)C)cc3c3cc(C(C)(C)C)ccc32)cc(-n2c3ccc(C(C)(C)C)cc3c3cc(C(C)(C)C)ccc32)c1.CC(C)(C)c1cc(-n2c3ccccc3c3ccccc32)cc(-n2c3ccccc3c3ccccc32)c1.CC(C)(C)c1ccc(-n2c3ccc(C(C)(C)C)cc3c3cc(C(C)(C)C)ccc32)cc1.CC(C)(C)c1ccc(-n2c3ccccc3c3ccccc32)cc1. The van der Waals surface area contributed by atoms with Crippen LogP contribution in [0.15, 0.2) is 340 Å². The molecule has 0 spiro atoms. The maximum atomic E-state index is 2.52. The average Bonchev–Trinajstić information content (AvgIpc) is 1.54. The molecule has 0 bridgehead atoms. The number of benzene rings is 16. The highest BCUT2D eigenvalue weighted by molar-refractivity contribution is 6.15. The van der Waals surface area contributed by atoms with Gasteiger partial charge in [-0.1, -0.05) is 378 Å². The minimum atomic E-state index is -0.0557. The van der Waals surface area contributed by atoms with Crippen molar-refractivity contribution >= 4 is 131 Å². The lowest BCUT2D eigenvalue weighted by molar-refractivity contribution is 0.589. The molecule has 0 N–H and O–H groups in total. The number of para-hydroxylation sites is 6. The van der Waals surface area contributed by atoms with Crippen molar-refractivity contribution in [1.82, 2.24) is 27.4 Å². The van der Waals surface area contributed by atoms with Gasteiger partial charge in [0.15, 0.2) is 0 Å². The molecular formula is C136H146N6. The molecule has 0 aliphatic heterocycles. The van der Waals surface area contributed by atoms with Gasteiger partial charge in [0.05, 0.1) is 66.2 Å². The fourth-order valence-electron chi connectivity index (χ4n) is 21.1. The van der Waals surface area contributed by atoms with E-state index in [1.807, 2.05) is 0 Å². The highest BCUT2D eigenvalue weighted by atomic mass is 15.0. The van der Waals surface area contributed by atoms with E-state index in [0.29, 0.717) is 0 Å². The lowest BCUT2D eigenvalue weighted by Crippen LogP contribution is -2.13. The zero-order valence-corrected chi connectivity index (χ0v) is 90.0. The maximum absolute atomic E-state index is 2.52. The van der Waals surface area contributed by atoms with E-state index in [9.17, 15) is 0 Å². The Balaban J connectivity index is 0.000000125. The van der Waals surface area contributed by atoms with Crippen molar-refractivity contribution in [2.75, 3.05) is 0 Å². The molecule has 0 unspecified atom stereocenters. The molecule has 22 aromatic rings. The van der Waals surface area contributed by atoms with Crippen LogP contribution in [0.3, 0.4) is 0 Å². The van der Waals surface area contributed by atoms with Crippen LogP contribution in [0.2, 0.25) is 0 Å². The van der Waals surface area contributed by atoms with Crippen LogP contribution < -0.4 is 0 Å². The second-order valence-corrected chi connectivity index (χ2v) is 50.6. The third-order valence-corrected chi connectivity index (χ3v) is 29.8. The van der Waals surface area contributed by atoms with Crippen molar-refractivity contribution in [3.05, 3.63) is 395 Å². The molecule has 0 radical (unpaired) electrons. The van der Waals surface area contributed by atoms with E-state index in [-0.39, 0.29) is 54.1 Å². The summed E-state index contributed by atoms with van der Waals surface area (Å²) in [7, 11) is 0. The first-order valence-electron chi connectivity index (χ1n) is 51.5. The van der Waals surface area contributed by atoms with Gasteiger partial charge in [-0.05, 0) is 280 Å². The van der Waals surface area contributed by atoms with E-state index in [0.717, 1.165) is 0 Å². The van der Waals surface area contributed by atoms with Crippen LogP contribution in [0.5, 0.6) is 0 Å². The molecule has 6 aromatic heterocycles. The first-order chi connectivity index (χ1) is 66.7. The normalized spacial score (nSPS) is 13.0. The summed E-state index contributed by atoms with van der Waals surface area (Å²) in [6.45, 7) is 69.0. The highest BCUT2D eigenvalue weighted by Crippen LogP contribution is 2.47. The third-order valence-electron chi connectivity index (χ3n) is 29.8. The van der Waals surface area contributed by atoms with Gasteiger partial charge < -0.3 is 27.4 Å². The van der Waals surface area contributed by atoms with Gasteiger partial charge >= 0.3 is 0 Å². The number of fused-ring (bicyclic) bond motifs is 18. The van der Waals surface area contributed by atoms with Crippen molar-refractivity contribution in [2.45, 2.75) is 262 Å². The summed E-state index contributed by atoms with van der Waals surface area (Å²) in [5.41, 5.74) is 36.5. The summed E-state index contributed by atoms with van der Waals surface area (Å²) in [5, 5.41) is 15.7.